The van der Waals surface area contributed by atoms with E-state index < -0.39 is 0 Å². The van der Waals surface area contributed by atoms with Gasteiger partial charge in [0.2, 0.25) is 0 Å². The maximum absolute atomic E-state index is 6.06. The number of ether oxygens (including phenoxy) is 1. The highest BCUT2D eigenvalue weighted by Crippen LogP contribution is 2.33. The van der Waals surface area contributed by atoms with Crippen molar-refractivity contribution in [1.29, 1.82) is 0 Å². The minimum atomic E-state index is 0.0436. The molecule has 18 heavy (non-hydrogen) atoms. The molecule has 0 aromatic heterocycles. The predicted molar refractivity (Wildman–Crippen MR) is 77.6 cm³/mol. The van der Waals surface area contributed by atoms with Crippen LogP contribution in [0.15, 0.2) is 18.2 Å². The van der Waals surface area contributed by atoms with Gasteiger partial charge < -0.3 is 10.1 Å². The monoisotopic (exact) mass is 270 g/mol. The largest absolute Gasteiger partial charge is 0.487 e. The number of halogens is 1. The van der Waals surface area contributed by atoms with Gasteiger partial charge in [-0.05, 0) is 37.5 Å². The number of rotatable bonds is 5. The number of hydrogen-bond donors (Lipinski definition) is 1. The lowest BCUT2D eigenvalue weighted by Crippen LogP contribution is -2.89. The second kappa shape index (κ2) is 6.44. The molecule has 2 nitrogen and oxygen atoms in total. The summed E-state index contributed by atoms with van der Waals surface area (Å²) in [7, 11) is 0. The van der Waals surface area contributed by atoms with Crippen LogP contribution in [-0.4, -0.2) is 19.2 Å². The van der Waals surface area contributed by atoms with Crippen LogP contribution in [0.4, 0.5) is 0 Å². The van der Waals surface area contributed by atoms with E-state index in [2.05, 4.69) is 39.9 Å². The van der Waals surface area contributed by atoms with Crippen LogP contribution in [0.2, 0.25) is 5.02 Å². The first-order valence-electron chi connectivity index (χ1n) is 6.57. The summed E-state index contributed by atoms with van der Waals surface area (Å²) in [6, 6.07) is 6.47. The van der Waals surface area contributed by atoms with Crippen molar-refractivity contribution in [1.82, 2.24) is 0 Å². The van der Waals surface area contributed by atoms with Crippen molar-refractivity contribution in [2.45, 2.75) is 46.1 Å². The Morgan fingerprint density at radius 2 is 1.94 bits per heavy atom. The van der Waals surface area contributed by atoms with Crippen molar-refractivity contribution in [2.24, 2.45) is 0 Å². The summed E-state index contributed by atoms with van der Waals surface area (Å²) >= 11 is 6.06. The van der Waals surface area contributed by atoms with Crippen LogP contribution in [0.5, 0.6) is 5.75 Å². The molecule has 0 heterocycles. The Bertz CT molecular complexity index is 383. The average Bonchev–Trinajstić information content (AvgIpc) is 2.24. The van der Waals surface area contributed by atoms with Gasteiger partial charge in [-0.3, -0.25) is 0 Å². The van der Waals surface area contributed by atoms with Gasteiger partial charge in [-0.2, -0.15) is 0 Å². The molecule has 0 bridgehead atoms. The van der Waals surface area contributed by atoms with Crippen molar-refractivity contribution >= 4 is 11.6 Å². The third-order valence-corrected chi connectivity index (χ3v) is 3.00. The van der Waals surface area contributed by atoms with Crippen LogP contribution < -0.4 is 10.1 Å². The molecule has 0 fully saturated rings. The normalized spacial score (nSPS) is 11.9. The van der Waals surface area contributed by atoms with E-state index in [0.29, 0.717) is 6.04 Å². The molecule has 102 valence electrons. The van der Waals surface area contributed by atoms with Crippen molar-refractivity contribution in [2.75, 3.05) is 13.2 Å². The molecule has 2 N–H and O–H groups in total. The Hall–Kier alpha value is -0.730. The zero-order valence-corrected chi connectivity index (χ0v) is 12.8. The molecule has 0 radical (unpaired) electrons. The molecule has 0 saturated carbocycles. The van der Waals surface area contributed by atoms with E-state index in [9.17, 15) is 0 Å². The van der Waals surface area contributed by atoms with Gasteiger partial charge in [-0.1, -0.05) is 32.4 Å². The molecule has 0 unspecified atom stereocenters. The fourth-order valence-electron chi connectivity index (χ4n) is 1.78. The lowest BCUT2D eigenvalue weighted by Gasteiger charge is -2.23. The first kappa shape index (κ1) is 15.3. The van der Waals surface area contributed by atoms with E-state index in [1.807, 2.05) is 18.2 Å². The minimum absolute atomic E-state index is 0.0436. The standard InChI is InChI=1S/C15H24ClNO/c1-11(2)17-8-9-18-14-7-6-12(16)10-13(14)15(3,4)5/h6-7,10-11,17H,8-9H2,1-5H3/p+1. The molecule has 0 atom stereocenters. The summed E-state index contributed by atoms with van der Waals surface area (Å²) in [6.07, 6.45) is 0. The Kier molecular flexibility index (Phi) is 5.48. The van der Waals surface area contributed by atoms with Crippen molar-refractivity contribution in [3.8, 4) is 5.75 Å². The first-order valence-corrected chi connectivity index (χ1v) is 6.94. The molecule has 3 heteroatoms. The van der Waals surface area contributed by atoms with Gasteiger partial charge in [0, 0.05) is 10.6 Å². The third kappa shape index (κ3) is 4.87. The Morgan fingerprint density at radius 1 is 1.28 bits per heavy atom. The van der Waals surface area contributed by atoms with E-state index >= 15 is 0 Å². The zero-order chi connectivity index (χ0) is 13.8. The highest BCUT2D eigenvalue weighted by atomic mass is 35.5. The van der Waals surface area contributed by atoms with Crippen molar-refractivity contribution in [3.05, 3.63) is 28.8 Å². The van der Waals surface area contributed by atoms with E-state index in [1.165, 1.54) is 5.56 Å². The van der Waals surface area contributed by atoms with E-state index in [1.54, 1.807) is 0 Å². The van der Waals surface area contributed by atoms with E-state index in [-0.39, 0.29) is 5.41 Å². The SMILES string of the molecule is CC(C)[NH2+]CCOc1ccc(Cl)cc1C(C)(C)C. The van der Waals surface area contributed by atoms with Crippen LogP contribution in [0.3, 0.4) is 0 Å². The quantitative estimate of drug-likeness (QED) is 0.818. The predicted octanol–water partition coefficient (Wildman–Crippen LogP) is 2.99. The zero-order valence-electron chi connectivity index (χ0n) is 12.1. The van der Waals surface area contributed by atoms with Gasteiger partial charge in [-0.25, -0.2) is 0 Å². The summed E-state index contributed by atoms with van der Waals surface area (Å²) in [4.78, 5) is 0. The van der Waals surface area contributed by atoms with E-state index in [0.717, 1.165) is 23.9 Å². The molecule has 0 aliphatic carbocycles. The van der Waals surface area contributed by atoms with E-state index in [4.69, 9.17) is 16.3 Å². The smallest absolute Gasteiger partial charge is 0.137 e. The van der Waals surface area contributed by atoms with Gasteiger partial charge in [0.05, 0.1) is 6.04 Å². The van der Waals surface area contributed by atoms with Gasteiger partial charge in [0.25, 0.3) is 0 Å². The molecule has 1 aromatic carbocycles. The molecule has 0 amide bonds. The number of benzene rings is 1. The van der Waals surface area contributed by atoms with Gasteiger partial charge in [-0.15, -0.1) is 0 Å². The fourth-order valence-corrected chi connectivity index (χ4v) is 1.96. The number of quaternary nitrogens is 1. The molecule has 1 rings (SSSR count). The molecular formula is C15H25ClNO+. The molecular weight excluding hydrogens is 246 g/mol. The van der Waals surface area contributed by atoms with Crippen LogP contribution in [0, 0.1) is 0 Å². The first-order chi connectivity index (χ1) is 8.30. The van der Waals surface area contributed by atoms with Crippen LogP contribution in [-0.2, 0) is 5.41 Å². The Labute approximate surface area is 116 Å². The lowest BCUT2D eigenvalue weighted by atomic mass is 9.86. The highest BCUT2D eigenvalue weighted by molar-refractivity contribution is 6.30. The third-order valence-electron chi connectivity index (χ3n) is 2.76. The van der Waals surface area contributed by atoms with Gasteiger partial charge >= 0.3 is 0 Å². The van der Waals surface area contributed by atoms with Crippen molar-refractivity contribution in [3.63, 3.8) is 0 Å². The van der Waals surface area contributed by atoms with Crippen LogP contribution >= 0.6 is 11.6 Å². The Balaban J connectivity index is 2.70. The summed E-state index contributed by atoms with van der Waals surface area (Å²) in [5.74, 6) is 0.948. The van der Waals surface area contributed by atoms with Crippen LogP contribution in [0.25, 0.3) is 0 Å². The summed E-state index contributed by atoms with van der Waals surface area (Å²) < 4.78 is 5.88. The molecule has 1 aromatic rings. The van der Waals surface area contributed by atoms with Crippen LogP contribution in [0.1, 0.15) is 40.2 Å². The number of hydrogen-bond acceptors (Lipinski definition) is 1. The topological polar surface area (TPSA) is 25.8 Å². The Morgan fingerprint density at radius 3 is 2.50 bits per heavy atom. The summed E-state index contributed by atoms with van der Waals surface area (Å²) in [5, 5.41) is 3.04. The maximum atomic E-state index is 6.06. The molecule has 0 saturated heterocycles. The van der Waals surface area contributed by atoms with Gasteiger partial charge in [0.15, 0.2) is 0 Å². The van der Waals surface area contributed by atoms with Gasteiger partial charge in [0.1, 0.15) is 18.9 Å². The lowest BCUT2D eigenvalue weighted by molar-refractivity contribution is -0.683. The molecule has 0 aliphatic rings. The number of nitrogens with two attached hydrogens (primary N) is 1. The maximum Gasteiger partial charge on any atom is 0.137 e. The van der Waals surface area contributed by atoms with Crippen molar-refractivity contribution < 1.29 is 10.1 Å². The summed E-state index contributed by atoms with van der Waals surface area (Å²) in [5.41, 5.74) is 1.21. The fraction of sp³-hybridized carbons (Fsp3) is 0.600. The summed E-state index contributed by atoms with van der Waals surface area (Å²) in [6.45, 7) is 12.6. The molecule has 0 spiro atoms. The highest BCUT2D eigenvalue weighted by Gasteiger charge is 2.19. The molecule has 0 aliphatic heterocycles. The second-order valence-electron chi connectivity index (χ2n) is 6.01. The minimum Gasteiger partial charge on any atom is -0.487 e. The average molecular weight is 271 g/mol. The second-order valence-corrected chi connectivity index (χ2v) is 6.44.